The topological polar surface area (TPSA) is 70.0 Å². The molecule has 3 rings (SSSR count). The summed E-state index contributed by atoms with van der Waals surface area (Å²) in [5, 5.41) is 19.2. The van der Waals surface area contributed by atoms with Crippen molar-refractivity contribution in [3.05, 3.63) is 52.4 Å². The number of rotatable bonds is 3. The molecule has 0 radical (unpaired) electrons. The summed E-state index contributed by atoms with van der Waals surface area (Å²) in [7, 11) is 0. The van der Waals surface area contributed by atoms with E-state index < -0.39 is 34.9 Å². The molecular formula is C17H9F4NO4S2. The number of carbonyl (C=O) groups excluding carboxylic acids is 1. The third-order valence-electron chi connectivity index (χ3n) is 3.67. The number of hydrogen-bond acceptors (Lipinski definition) is 6. The molecule has 1 heterocycles. The molecule has 2 aromatic carbocycles. The van der Waals surface area contributed by atoms with Crippen molar-refractivity contribution < 1.29 is 37.6 Å². The van der Waals surface area contributed by atoms with E-state index in [1.165, 1.54) is 12.1 Å². The number of benzene rings is 2. The Kier molecular flexibility index (Phi) is 5.22. The monoisotopic (exact) mass is 431 g/mol. The van der Waals surface area contributed by atoms with Gasteiger partial charge in [-0.15, -0.1) is 0 Å². The highest BCUT2D eigenvalue weighted by Gasteiger charge is 2.36. The number of carbonyl (C=O) groups is 1. The molecule has 2 aromatic rings. The molecule has 146 valence electrons. The molecule has 0 spiro atoms. The highest BCUT2D eigenvalue weighted by molar-refractivity contribution is 8.27. The molecule has 0 unspecified atom stereocenters. The highest BCUT2D eigenvalue weighted by atomic mass is 32.2. The van der Waals surface area contributed by atoms with Gasteiger partial charge in [0.1, 0.15) is 0 Å². The lowest BCUT2D eigenvalue weighted by atomic mass is 10.1. The van der Waals surface area contributed by atoms with Crippen LogP contribution in [0.1, 0.15) is 11.1 Å². The molecule has 0 atom stereocenters. The van der Waals surface area contributed by atoms with Crippen LogP contribution in [0.4, 0.5) is 23.4 Å². The van der Waals surface area contributed by atoms with Gasteiger partial charge in [0.2, 0.25) is 0 Å². The summed E-state index contributed by atoms with van der Waals surface area (Å²) in [5.41, 5.74) is -0.854. The molecule has 1 saturated heterocycles. The minimum atomic E-state index is -4.58. The quantitative estimate of drug-likeness (QED) is 0.414. The molecule has 1 amide bonds. The van der Waals surface area contributed by atoms with Crippen molar-refractivity contribution >= 4 is 46.0 Å². The molecule has 28 heavy (non-hydrogen) atoms. The number of phenolic OH excluding ortho intramolecular Hbond substituents is 2. The number of aromatic hydroxyl groups is 2. The molecule has 1 aliphatic heterocycles. The van der Waals surface area contributed by atoms with Gasteiger partial charge < -0.3 is 10.2 Å². The van der Waals surface area contributed by atoms with Gasteiger partial charge in [0.25, 0.3) is 11.7 Å². The van der Waals surface area contributed by atoms with E-state index in [9.17, 15) is 32.7 Å². The molecule has 1 aliphatic rings. The zero-order valence-corrected chi connectivity index (χ0v) is 15.2. The Balaban J connectivity index is 1.96. The Morgan fingerprint density at radius 1 is 1.14 bits per heavy atom. The van der Waals surface area contributed by atoms with Crippen LogP contribution >= 0.6 is 24.0 Å². The van der Waals surface area contributed by atoms with Crippen LogP contribution in [0, 0.1) is 0 Å². The van der Waals surface area contributed by atoms with E-state index in [4.69, 9.17) is 12.2 Å². The second-order valence-electron chi connectivity index (χ2n) is 5.53. The van der Waals surface area contributed by atoms with E-state index >= 15 is 0 Å². The number of phenols is 2. The van der Waals surface area contributed by atoms with Gasteiger partial charge in [0.05, 0.1) is 16.2 Å². The van der Waals surface area contributed by atoms with Crippen LogP contribution < -0.4 is 9.84 Å². The number of halogens is 4. The lowest BCUT2D eigenvalue weighted by Gasteiger charge is -2.16. The number of alkyl halides is 3. The third kappa shape index (κ3) is 3.76. The first kappa shape index (κ1) is 20.0. The normalized spacial score (nSPS) is 16.1. The van der Waals surface area contributed by atoms with Crippen molar-refractivity contribution in [3.63, 3.8) is 0 Å². The number of thioether (sulfide) groups is 1. The predicted molar refractivity (Wildman–Crippen MR) is 98.6 cm³/mol. The van der Waals surface area contributed by atoms with Crippen LogP contribution in [0.15, 0.2) is 41.3 Å². The Labute approximate surface area is 164 Å². The van der Waals surface area contributed by atoms with E-state index in [1.54, 1.807) is 0 Å². The van der Waals surface area contributed by atoms with Crippen molar-refractivity contribution in [3.8, 4) is 17.2 Å². The Bertz CT molecular complexity index is 984. The summed E-state index contributed by atoms with van der Waals surface area (Å²) in [4.78, 5) is 17.0. The first-order chi connectivity index (χ1) is 13.1. The molecule has 0 bridgehead atoms. The van der Waals surface area contributed by atoms with Gasteiger partial charge in [0, 0.05) is 4.53 Å². The fourth-order valence-corrected chi connectivity index (χ4v) is 3.74. The van der Waals surface area contributed by atoms with Crippen molar-refractivity contribution in [1.29, 1.82) is 0 Å². The van der Waals surface area contributed by atoms with Gasteiger partial charge in [-0.2, -0.15) is 13.2 Å². The molecule has 2 N–H and O–H groups in total. The van der Waals surface area contributed by atoms with E-state index in [0.717, 1.165) is 47.0 Å². The number of thiocarbonyl (C=S) groups is 1. The predicted octanol–water partition coefficient (Wildman–Crippen LogP) is 4.79. The van der Waals surface area contributed by atoms with Gasteiger partial charge in [-0.1, -0.05) is 30.0 Å². The average Bonchev–Trinajstić information content (AvgIpc) is 2.87. The highest BCUT2D eigenvalue weighted by Crippen LogP contribution is 2.41. The largest absolute Gasteiger partial charge is 0.504 e. The van der Waals surface area contributed by atoms with E-state index in [-0.39, 0.29) is 20.5 Å². The van der Waals surface area contributed by atoms with Gasteiger partial charge in [-0.05, 0) is 42.0 Å². The number of hydrogen-bond donors (Lipinski definition) is 2. The van der Waals surface area contributed by atoms with Crippen molar-refractivity contribution in [2.45, 2.75) is 6.18 Å². The maximum Gasteiger partial charge on any atom is 0.416 e. The number of nitrogens with zero attached hydrogens (tertiary/aromatic N) is 1. The zero-order valence-electron chi connectivity index (χ0n) is 13.5. The van der Waals surface area contributed by atoms with E-state index in [1.807, 2.05) is 0 Å². The lowest BCUT2D eigenvalue weighted by molar-refractivity contribution is -0.137. The van der Waals surface area contributed by atoms with Crippen LogP contribution in [0.2, 0.25) is 0 Å². The minimum Gasteiger partial charge on any atom is -0.504 e. The van der Waals surface area contributed by atoms with Crippen LogP contribution in [0.5, 0.6) is 17.2 Å². The summed E-state index contributed by atoms with van der Waals surface area (Å²) in [6, 6.07) is 6.22. The summed E-state index contributed by atoms with van der Waals surface area (Å²) < 4.78 is 51.0. The standard InChI is InChI=1S/C17H9F4NO4S2/c18-17(19,20)9-2-1-3-10(7-9)22-15(25)13(28-16(22)27)6-8-4-11(23)14(26-21)12(24)5-8/h1-7,23-24H/b13-6-. The molecule has 0 aliphatic carbocycles. The molecule has 0 saturated carbocycles. The SMILES string of the molecule is O=C1/C(=C/c2cc(O)c(OF)c(O)c2)SC(=S)N1c1cccc(C(F)(F)F)c1. The fourth-order valence-electron chi connectivity index (χ4n) is 2.45. The Morgan fingerprint density at radius 3 is 2.36 bits per heavy atom. The molecule has 5 nitrogen and oxygen atoms in total. The maximum atomic E-state index is 12.9. The fraction of sp³-hybridized carbons (Fsp3) is 0.0588. The van der Waals surface area contributed by atoms with Crippen LogP contribution in [-0.4, -0.2) is 20.4 Å². The van der Waals surface area contributed by atoms with Gasteiger partial charge >= 0.3 is 6.18 Å². The number of amides is 1. The van der Waals surface area contributed by atoms with Crippen LogP contribution in [0.25, 0.3) is 6.08 Å². The molecular weight excluding hydrogens is 422 g/mol. The molecule has 0 aromatic heterocycles. The maximum absolute atomic E-state index is 12.9. The van der Waals surface area contributed by atoms with Crippen molar-refractivity contribution in [2.24, 2.45) is 0 Å². The summed E-state index contributed by atoms with van der Waals surface area (Å²) in [6.07, 6.45) is -3.34. The first-order valence-corrected chi connectivity index (χ1v) is 8.64. The van der Waals surface area contributed by atoms with Gasteiger partial charge in [-0.3, -0.25) is 14.6 Å². The van der Waals surface area contributed by atoms with Crippen LogP contribution in [-0.2, 0) is 11.0 Å². The zero-order chi connectivity index (χ0) is 20.6. The minimum absolute atomic E-state index is 0.00716. The Hall–Kier alpha value is -2.79. The first-order valence-electron chi connectivity index (χ1n) is 7.41. The summed E-state index contributed by atoms with van der Waals surface area (Å²) in [5.74, 6) is -2.88. The molecule has 11 heteroatoms. The van der Waals surface area contributed by atoms with E-state index in [2.05, 4.69) is 4.94 Å². The van der Waals surface area contributed by atoms with Gasteiger partial charge in [-0.25, -0.2) is 0 Å². The van der Waals surface area contributed by atoms with Gasteiger partial charge in [0.15, 0.2) is 15.8 Å². The molecule has 1 fully saturated rings. The van der Waals surface area contributed by atoms with Crippen LogP contribution in [0.3, 0.4) is 0 Å². The third-order valence-corrected chi connectivity index (χ3v) is 4.97. The smallest absolute Gasteiger partial charge is 0.416 e. The second kappa shape index (κ2) is 7.32. The van der Waals surface area contributed by atoms with Crippen molar-refractivity contribution in [1.82, 2.24) is 0 Å². The number of anilines is 1. The second-order valence-corrected chi connectivity index (χ2v) is 7.21. The summed E-state index contributed by atoms with van der Waals surface area (Å²) >= 11 is 5.92. The van der Waals surface area contributed by atoms with E-state index in [0.29, 0.717) is 0 Å². The van der Waals surface area contributed by atoms with Crippen molar-refractivity contribution in [2.75, 3.05) is 4.90 Å². The lowest BCUT2D eigenvalue weighted by Crippen LogP contribution is -2.27. The summed E-state index contributed by atoms with van der Waals surface area (Å²) in [6.45, 7) is 0. The Morgan fingerprint density at radius 2 is 1.79 bits per heavy atom. The average molecular weight is 431 g/mol.